The predicted molar refractivity (Wildman–Crippen MR) is 290 cm³/mol. The molecule has 16 nitrogen and oxygen atoms in total. The first-order valence-electron chi connectivity index (χ1n) is 28.2. The number of benzene rings is 2. The SMILES string of the molecule is CC1(C(=O)N2CCCC(c3cccc(C(=O)N[C@@H](C(=O)N4CCC(OC5CCN(CCOCC[C@H](NC(=O)C6(N)CCN(c7ncnc8[nH]ccc78)CC6)c6ccc(Cl)cc6)CC5)CC4)C4CCCCC4)c3)C2)CC1. The maximum atomic E-state index is 14.4. The average Bonchev–Trinajstić information content (AvgIpc) is 4.01. The minimum absolute atomic E-state index is 0.0373. The summed E-state index contributed by atoms with van der Waals surface area (Å²) in [5.74, 6) is 1.13. The lowest BCUT2D eigenvalue weighted by Gasteiger charge is -2.39. The van der Waals surface area contributed by atoms with E-state index >= 15 is 0 Å². The van der Waals surface area contributed by atoms with Crippen molar-refractivity contribution in [2.45, 2.75) is 145 Å². The topological polar surface area (TPSA) is 191 Å². The number of nitrogens with one attached hydrogen (secondary N) is 3. The van der Waals surface area contributed by atoms with E-state index in [9.17, 15) is 19.2 Å². The van der Waals surface area contributed by atoms with E-state index in [0.717, 1.165) is 131 Å². The number of ether oxygens (including phenoxy) is 2. The molecule has 2 aliphatic carbocycles. The van der Waals surface area contributed by atoms with Gasteiger partial charge in [-0.25, -0.2) is 9.97 Å². The minimum atomic E-state index is -1.01. The fourth-order valence-corrected chi connectivity index (χ4v) is 12.6. The summed E-state index contributed by atoms with van der Waals surface area (Å²) < 4.78 is 12.9. The molecule has 3 atom stereocenters. The summed E-state index contributed by atoms with van der Waals surface area (Å²) >= 11 is 6.26. The van der Waals surface area contributed by atoms with Gasteiger partial charge in [0, 0.05) is 93.6 Å². The van der Waals surface area contributed by atoms with E-state index in [-0.39, 0.29) is 59.1 Å². The van der Waals surface area contributed by atoms with Crippen LogP contribution in [0.2, 0.25) is 5.02 Å². The number of H-pyrrole nitrogens is 1. The van der Waals surface area contributed by atoms with Crippen molar-refractivity contribution in [1.82, 2.24) is 40.3 Å². The van der Waals surface area contributed by atoms with E-state index in [0.29, 0.717) is 75.8 Å². The smallest absolute Gasteiger partial charge is 0.251 e. The number of aromatic amines is 1. The second kappa shape index (κ2) is 24.0. The zero-order valence-corrected chi connectivity index (χ0v) is 44.8. The van der Waals surface area contributed by atoms with Crippen molar-refractivity contribution in [2.24, 2.45) is 17.1 Å². The van der Waals surface area contributed by atoms with Gasteiger partial charge in [-0.15, -0.1) is 0 Å². The molecule has 75 heavy (non-hydrogen) atoms. The Labute approximate surface area is 447 Å². The predicted octanol–water partition coefficient (Wildman–Crippen LogP) is 7.53. The zero-order chi connectivity index (χ0) is 51.9. The van der Waals surface area contributed by atoms with Crippen molar-refractivity contribution >= 4 is 52.1 Å². The number of anilines is 1. The van der Waals surface area contributed by atoms with E-state index in [4.69, 9.17) is 26.8 Å². The molecule has 4 saturated heterocycles. The summed E-state index contributed by atoms with van der Waals surface area (Å²) in [5, 5.41) is 8.13. The molecule has 0 bridgehead atoms. The monoisotopic (exact) mass is 1050 g/mol. The molecule has 6 heterocycles. The Morgan fingerprint density at radius 3 is 2.27 bits per heavy atom. The summed E-state index contributed by atoms with van der Waals surface area (Å²) in [5.41, 5.74) is 9.06. The van der Waals surface area contributed by atoms with E-state index in [2.05, 4.69) is 48.4 Å². The number of rotatable bonds is 18. The number of nitrogens with two attached hydrogens (primary N) is 1. The number of aromatic nitrogens is 3. The summed E-state index contributed by atoms with van der Waals surface area (Å²) in [6.07, 6.45) is 17.9. The number of hydrogen-bond donors (Lipinski definition) is 4. The van der Waals surface area contributed by atoms with Crippen LogP contribution in [0.4, 0.5) is 5.82 Å². The average molecular weight is 1050 g/mol. The Kier molecular flexibility index (Phi) is 17.1. The van der Waals surface area contributed by atoms with Crippen molar-refractivity contribution in [3.8, 4) is 0 Å². The van der Waals surface area contributed by atoms with Crippen LogP contribution < -0.4 is 21.3 Å². The van der Waals surface area contributed by atoms with Gasteiger partial charge in [-0.05, 0) is 131 Å². The van der Waals surface area contributed by atoms with Gasteiger partial charge in [-0.2, -0.15) is 0 Å². The summed E-state index contributed by atoms with van der Waals surface area (Å²) in [6.45, 7) is 9.80. The van der Waals surface area contributed by atoms with Crippen LogP contribution in [0, 0.1) is 11.3 Å². The van der Waals surface area contributed by atoms with Crippen LogP contribution in [0.25, 0.3) is 11.0 Å². The number of nitrogens with zero attached hydrogens (tertiary/aromatic N) is 6. The van der Waals surface area contributed by atoms with Gasteiger partial charge < -0.3 is 50.4 Å². The normalized spacial score (nSPS) is 22.7. The molecule has 17 heteroatoms. The number of likely N-dealkylation sites (tertiary alicyclic amines) is 3. The van der Waals surface area contributed by atoms with Crippen LogP contribution in [-0.4, -0.2) is 149 Å². The van der Waals surface area contributed by atoms with Crippen molar-refractivity contribution in [3.63, 3.8) is 0 Å². The molecule has 4 aliphatic heterocycles. The highest BCUT2D eigenvalue weighted by Gasteiger charge is 2.48. The number of hydrogen-bond acceptors (Lipinski definition) is 11. The highest BCUT2D eigenvalue weighted by molar-refractivity contribution is 6.30. The van der Waals surface area contributed by atoms with Gasteiger partial charge in [0.2, 0.25) is 17.7 Å². The van der Waals surface area contributed by atoms with Gasteiger partial charge in [0.05, 0.1) is 35.8 Å². The van der Waals surface area contributed by atoms with Gasteiger partial charge in [-0.3, -0.25) is 19.2 Å². The molecule has 2 saturated carbocycles. The van der Waals surface area contributed by atoms with Crippen LogP contribution in [0.1, 0.15) is 143 Å². The first kappa shape index (κ1) is 53.3. The maximum Gasteiger partial charge on any atom is 0.251 e. The lowest BCUT2D eigenvalue weighted by Crippen LogP contribution is -2.60. The standard InChI is InChI=1S/C58H79ClN10O6/c1-57(22-23-57)56(73)69-27-6-11-44(38-69)42-9-5-10-43(37-42)53(70)65-50(41-7-3-2-4-8-41)54(71)68-30-19-47(20-31-68)75-46-17-28-66(29-18-46)34-36-74-35-21-49(40-12-14-45(59)15-13-40)64-55(72)58(60)24-32-67(33-25-58)52-48-16-26-61-51(48)62-39-63-52/h5,9-10,12-16,26,37,39,41,44,46-47,49-50H,2-4,6-8,11,17-25,27-36,38,60H2,1H3,(H,64,72)(H,65,70)(H,61,62,63)/t44?,49-,50+/m0/s1. The van der Waals surface area contributed by atoms with Gasteiger partial charge in [0.25, 0.3) is 5.91 Å². The van der Waals surface area contributed by atoms with Gasteiger partial charge in [0.15, 0.2) is 0 Å². The largest absolute Gasteiger partial charge is 0.380 e. The van der Waals surface area contributed by atoms with E-state index in [1.807, 2.05) is 64.5 Å². The molecule has 0 radical (unpaired) electrons. The van der Waals surface area contributed by atoms with Crippen LogP contribution in [0.5, 0.6) is 0 Å². The summed E-state index contributed by atoms with van der Waals surface area (Å²) in [7, 11) is 0. The number of carbonyl (C=O) groups excluding carboxylic acids is 4. The minimum Gasteiger partial charge on any atom is -0.380 e. The maximum absolute atomic E-state index is 14.4. The Morgan fingerprint density at radius 1 is 0.800 bits per heavy atom. The van der Waals surface area contributed by atoms with Gasteiger partial charge in [0.1, 0.15) is 23.8 Å². The first-order chi connectivity index (χ1) is 36.4. The zero-order valence-electron chi connectivity index (χ0n) is 44.0. The second-order valence-electron chi connectivity index (χ2n) is 22.9. The second-order valence-corrected chi connectivity index (χ2v) is 23.3. The Hall–Kier alpha value is -5.13. The molecule has 5 N–H and O–H groups in total. The van der Waals surface area contributed by atoms with E-state index in [1.165, 1.54) is 6.42 Å². The Bertz CT molecular complexity index is 2580. The number of piperidine rings is 4. The third-order valence-electron chi connectivity index (χ3n) is 17.6. The van der Waals surface area contributed by atoms with Crippen molar-refractivity contribution in [1.29, 1.82) is 0 Å². The molecule has 6 aliphatic rings. The number of fused-ring (bicyclic) bond motifs is 1. The van der Waals surface area contributed by atoms with Crippen LogP contribution in [0.3, 0.4) is 0 Å². The fourth-order valence-electron chi connectivity index (χ4n) is 12.4. The molecule has 2 aromatic carbocycles. The van der Waals surface area contributed by atoms with Crippen molar-refractivity contribution in [3.05, 3.63) is 88.8 Å². The van der Waals surface area contributed by atoms with Gasteiger partial charge >= 0.3 is 0 Å². The fraction of sp³-hybridized carbons (Fsp3) is 0.621. The van der Waals surface area contributed by atoms with Gasteiger partial charge in [-0.1, -0.05) is 62.1 Å². The van der Waals surface area contributed by atoms with E-state index in [1.54, 1.807) is 6.33 Å². The molecule has 4 aromatic rings. The molecule has 404 valence electrons. The van der Waals surface area contributed by atoms with Crippen molar-refractivity contribution < 1.29 is 28.7 Å². The summed E-state index contributed by atoms with van der Waals surface area (Å²) in [4.78, 5) is 76.2. The van der Waals surface area contributed by atoms with Crippen LogP contribution >= 0.6 is 11.6 Å². The number of halogens is 1. The molecule has 2 aromatic heterocycles. The molecule has 4 amide bonds. The Balaban J connectivity index is 0.644. The number of carbonyl (C=O) groups is 4. The molecular formula is C58H79ClN10O6. The lowest BCUT2D eigenvalue weighted by molar-refractivity contribution is -0.139. The first-order valence-corrected chi connectivity index (χ1v) is 28.6. The molecular weight excluding hydrogens is 968 g/mol. The molecule has 10 rings (SSSR count). The third kappa shape index (κ3) is 13.0. The third-order valence-corrected chi connectivity index (χ3v) is 17.9. The molecule has 6 fully saturated rings. The lowest BCUT2D eigenvalue weighted by atomic mass is 9.83. The van der Waals surface area contributed by atoms with Crippen LogP contribution in [0.15, 0.2) is 67.1 Å². The number of amides is 4. The molecule has 1 unspecified atom stereocenters. The van der Waals surface area contributed by atoms with E-state index < -0.39 is 11.6 Å². The quantitative estimate of drug-likeness (QED) is 0.0721. The van der Waals surface area contributed by atoms with Crippen LogP contribution in [-0.2, 0) is 23.9 Å². The van der Waals surface area contributed by atoms with Crippen molar-refractivity contribution in [2.75, 3.05) is 77.0 Å². The highest BCUT2D eigenvalue weighted by Crippen LogP contribution is 2.47. The molecule has 0 spiro atoms. The highest BCUT2D eigenvalue weighted by atomic mass is 35.5. The Morgan fingerprint density at radius 2 is 1.53 bits per heavy atom. The summed E-state index contributed by atoms with van der Waals surface area (Å²) in [6, 6.07) is 16.6.